The van der Waals surface area contributed by atoms with Crippen LogP contribution in [0.2, 0.25) is 5.15 Å². The molecule has 0 bridgehead atoms. The first-order valence-electron chi connectivity index (χ1n) is 3.20. The van der Waals surface area contributed by atoms with Crippen LogP contribution in [0.15, 0.2) is 18.7 Å². The average Bonchev–Trinajstić information content (AvgIpc) is 2.57. The molecule has 60 valence electrons. The molecule has 0 atom stereocenters. The Labute approximate surface area is 72.8 Å². The first-order chi connectivity index (χ1) is 5.88. The SMILES string of the molecule is Clc1nccnc1-c1nc[nH]n1. The topological polar surface area (TPSA) is 67.3 Å². The Balaban J connectivity index is 2.55. The molecule has 0 aliphatic rings. The summed E-state index contributed by atoms with van der Waals surface area (Å²) in [5.41, 5.74) is 0.486. The summed E-state index contributed by atoms with van der Waals surface area (Å²) in [6.45, 7) is 0. The van der Waals surface area contributed by atoms with Gasteiger partial charge >= 0.3 is 0 Å². The van der Waals surface area contributed by atoms with Crippen LogP contribution in [0.4, 0.5) is 0 Å². The molecule has 0 aliphatic heterocycles. The molecule has 0 fully saturated rings. The van der Waals surface area contributed by atoms with Gasteiger partial charge < -0.3 is 0 Å². The number of nitrogens with zero attached hydrogens (tertiary/aromatic N) is 4. The van der Waals surface area contributed by atoms with E-state index in [0.717, 1.165) is 0 Å². The summed E-state index contributed by atoms with van der Waals surface area (Å²) in [6.07, 6.45) is 4.51. The van der Waals surface area contributed by atoms with Crippen molar-refractivity contribution in [2.24, 2.45) is 0 Å². The molecule has 12 heavy (non-hydrogen) atoms. The molecule has 0 spiro atoms. The number of hydrogen-bond acceptors (Lipinski definition) is 4. The second-order valence-electron chi connectivity index (χ2n) is 2.02. The van der Waals surface area contributed by atoms with E-state index < -0.39 is 0 Å². The normalized spacial score (nSPS) is 10.1. The third-order valence-corrected chi connectivity index (χ3v) is 1.56. The number of rotatable bonds is 1. The molecule has 1 N–H and O–H groups in total. The lowest BCUT2D eigenvalue weighted by molar-refractivity contribution is 1.08. The molecule has 0 saturated carbocycles. The Hall–Kier alpha value is -1.49. The smallest absolute Gasteiger partial charge is 0.202 e. The van der Waals surface area contributed by atoms with E-state index in [0.29, 0.717) is 16.7 Å². The third-order valence-electron chi connectivity index (χ3n) is 1.28. The summed E-state index contributed by atoms with van der Waals surface area (Å²) in [5, 5.41) is 6.70. The van der Waals surface area contributed by atoms with E-state index in [1.807, 2.05) is 0 Å². The fourth-order valence-electron chi connectivity index (χ4n) is 0.794. The lowest BCUT2D eigenvalue weighted by Crippen LogP contribution is -1.88. The number of aromatic amines is 1. The summed E-state index contributed by atoms with van der Waals surface area (Å²) >= 11 is 5.75. The summed E-state index contributed by atoms with van der Waals surface area (Å²) < 4.78 is 0. The Kier molecular flexibility index (Phi) is 1.71. The number of H-pyrrole nitrogens is 1. The lowest BCUT2D eigenvalue weighted by atomic mass is 10.4. The molecular formula is C6H4ClN5. The molecule has 0 unspecified atom stereocenters. The molecule has 0 saturated heterocycles. The van der Waals surface area contributed by atoms with Gasteiger partial charge in [0.1, 0.15) is 12.0 Å². The van der Waals surface area contributed by atoms with Gasteiger partial charge in [-0.3, -0.25) is 5.10 Å². The molecule has 2 aromatic heterocycles. The average molecular weight is 182 g/mol. The van der Waals surface area contributed by atoms with E-state index in [1.165, 1.54) is 18.7 Å². The maximum absolute atomic E-state index is 5.75. The summed E-state index contributed by atoms with van der Waals surface area (Å²) in [7, 11) is 0. The summed E-state index contributed by atoms with van der Waals surface area (Å²) in [6, 6.07) is 0. The van der Waals surface area contributed by atoms with Crippen molar-refractivity contribution in [3.05, 3.63) is 23.9 Å². The van der Waals surface area contributed by atoms with Gasteiger partial charge in [0.25, 0.3) is 0 Å². The first kappa shape index (κ1) is 7.17. The van der Waals surface area contributed by atoms with Crippen LogP contribution < -0.4 is 0 Å². The second-order valence-corrected chi connectivity index (χ2v) is 2.38. The van der Waals surface area contributed by atoms with Crippen LogP contribution in [0.5, 0.6) is 0 Å². The standard InChI is InChI=1S/C6H4ClN5/c7-5-4(8-1-2-9-5)6-10-3-11-12-6/h1-3H,(H,10,11,12). The number of hydrogen-bond donors (Lipinski definition) is 1. The quantitative estimate of drug-likeness (QED) is 0.710. The van der Waals surface area contributed by atoms with Gasteiger partial charge in [-0.15, -0.1) is 0 Å². The zero-order chi connectivity index (χ0) is 8.39. The van der Waals surface area contributed by atoms with Gasteiger partial charge in [-0.2, -0.15) is 5.10 Å². The zero-order valence-electron chi connectivity index (χ0n) is 5.90. The molecule has 0 aliphatic carbocycles. The number of nitrogens with one attached hydrogen (secondary N) is 1. The van der Waals surface area contributed by atoms with E-state index in [4.69, 9.17) is 11.6 Å². The predicted octanol–water partition coefficient (Wildman–Crippen LogP) is 0.915. The predicted molar refractivity (Wildman–Crippen MR) is 42.4 cm³/mol. The van der Waals surface area contributed by atoms with E-state index in [-0.39, 0.29) is 0 Å². The first-order valence-corrected chi connectivity index (χ1v) is 3.58. The van der Waals surface area contributed by atoms with Crippen molar-refractivity contribution in [2.45, 2.75) is 0 Å². The molecular weight excluding hydrogens is 178 g/mol. The molecule has 0 amide bonds. The van der Waals surface area contributed by atoms with Crippen molar-refractivity contribution in [3.63, 3.8) is 0 Å². The zero-order valence-corrected chi connectivity index (χ0v) is 6.65. The maximum atomic E-state index is 5.75. The Morgan fingerprint density at radius 2 is 2.00 bits per heavy atom. The summed E-state index contributed by atoms with van der Waals surface area (Å²) in [5.74, 6) is 0.452. The molecule has 0 radical (unpaired) electrons. The van der Waals surface area contributed by atoms with E-state index in [9.17, 15) is 0 Å². The fraction of sp³-hybridized carbons (Fsp3) is 0. The minimum Gasteiger partial charge on any atom is -0.265 e. The molecule has 2 heterocycles. The van der Waals surface area contributed by atoms with Crippen molar-refractivity contribution < 1.29 is 0 Å². The molecule has 6 heteroatoms. The van der Waals surface area contributed by atoms with Crippen molar-refractivity contribution in [1.82, 2.24) is 25.1 Å². The second kappa shape index (κ2) is 2.86. The van der Waals surface area contributed by atoms with E-state index in [2.05, 4.69) is 25.1 Å². The minimum atomic E-state index is 0.303. The van der Waals surface area contributed by atoms with Gasteiger partial charge in [-0.1, -0.05) is 11.6 Å². The van der Waals surface area contributed by atoms with Crippen LogP contribution in [-0.4, -0.2) is 25.1 Å². The maximum Gasteiger partial charge on any atom is 0.202 e. The van der Waals surface area contributed by atoms with Crippen molar-refractivity contribution in [2.75, 3.05) is 0 Å². The number of halogens is 1. The highest BCUT2D eigenvalue weighted by Crippen LogP contribution is 2.17. The Bertz CT molecular complexity index is 371. The van der Waals surface area contributed by atoms with Crippen LogP contribution in [0.3, 0.4) is 0 Å². The van der Waals surface area contributed by atoms with Crippen LogP contribution in [0, 0.1) is 0 Å². The fourth-order valence-corrected chi connectivity index (χ4v) is 0.984. The Morgan fingerprint density at radius 1 is 1.17 bits per heavy atom. The largest absolute Gasteiger partial charge is 0.265 e. The van der Waals surface area contributed by atoms with Gasteiger partial charge in [0.15, 0.2) is 5.15 Å². The van der Waals surface area contributed by atoms with Crippen LogP contribution >= 0.6 is 11.6 Å². The van der Waals surface area contributed by atoms with Crippen molar-refractivity contribution in [3.8, 4) is 11.5 Å². The highest BCUT2D eigenvalue weighted by atomic mass is 35.5. The van der Waals surface area contributed by atoms with Crippen molar-refractivity contribution >= 4 is 11.6 Å². The van der Waals surface area contributed by atoms with Gasteiger partial charge in [0, 0.05) is 12.4 Å². The van der Waals surface area contributed by atoms with Gasteiger partial charge in [0.05, 0.1) is 0 Å². The minimum absolute atomic E-state index is 0.303. The van der Waals surface area contributed by atoms with Crippen molar-refractivity contribution in [1.29, 1.82) is 0 Å². The van der Waals surface area contributed by atoms with Crippen LogP contribution in [-0.2, 0) is 0 Å². The van der Waals surface area contributed by atoms with E-state index in [1.54, 1.807) is 0 Å². The highest BCUT2D eigenvalue weighted by Gasteiger charge is 2.07. The lowest BCUT2D eigenvalue weighted by Gasteiger charge is -1.94. The number of aromatic nitrogens is 5. The van der Waals surface area contributed by atoms with Gasteiger partial charge in [-0.25, -0.2) is 15.0 Å². The van der Waals surface area contributed by atoms with Crippen LogP contribution in [0.25, 0.3) is 11.5 Å². The van der Waals surface area contributed by atoms with Gasteiger partial charge in [0.2, 0.25) is 5.82 Å². The molecule has 2 aromatic rings. The van der Waals surface area contributed by atoms with Crippen LogP contribution in [0.1, 0.15) is 0 Å². The monoisotopic (exact) mass is 181 g/mol. The third kappa shape index (κ3) is 1.14. The molecule has 0 aromatic carbocycles. The summed E-state index contributed by atoms with van der Waals surface area (Å²) in [4.78, 5) is 11.7. The highest BCUT2D eigenvalue weighted by molar-refractivity contribution is 6.31. The molecule has 5 nitrogen and oxygen atoms in total. The van der Waals surface area contributed by atoms with Gasteiger partial charge in [-0.05, 0) is 0 Å². The molecule has 2 rings (SSSR count). The van der Waals surface area contributed by atoms with E-state index >= 15 is 0 Å². The Morgan fingerprint density at radius 3 is 2.67 bits per heavy atom.